The van der Waals surface area contributed by atoms with Crippen LogP contribution in [0.2, 0.25) is 0 Å². The van der Waals surface area contributed by atoms with Crippen molar-refractivity contribution in [1.82, 2.24) is 9.97 Å². The van der Waals surface area contributed by atoms with E-state index in [1.165, 1.54) is 5.75 Å². The van der Waals surface area contributed by atoms with Gasteiger partial charge >= 0.3 is 0 Å². The van der Waals surface area contributed by atoms with E-state index in [0.29, 0.717) is 11.2 Å². The Morgan fingerprint density at radius 2 is 2.35 bits per heavy atom. The number of nitrogens with one attached hydrogen (secondary N) is 1. The molecule has 3 nitrogen and oxygen atoms in total. The summed E-state index contributed by atoms with van der Waals surface area (Å²) in [6.07, 6.45) is 0.876. The van der Waals surface area contributed by atoms with Gasteiger partial charge in [0.2, 0.25) is 0 Å². The van der Waals surface area contributed by atoms with Crippen LogP contribution in [0.15, 0.2) is 10.9 Å². The summed E-state index contributed by atoms with van der Waals surface area (Å²) in [5.74, 6) is 4.80. The number of thioether (sulfide) groups is 2. The Balaban J connectivity index is 2.21. The summed E-state index contributed by atoms with van der Waals surface area (Å²) in [6, 6.07) is 1.63. The molecule has 0 amide bonds. The van der Waals surface area contributed by atoms with Gasteiger partial charge in [0, 0.05) is 29.0 Å². The molecule has 2 heterocycles. The largest absolute Gasteiger partial charge is 0.310 e. The minimum Gasteiger partial charge on any atom is -0.310 e. The summed E-state index contributed by atoms with van der Waals surface area (Å²) in [6.45, 7) is 4.29. The van der Waals surface area contributed by atoms with E-state index in [-0.39, 0.29) is 5.56 Å². The van der Waals surface area contributed by atoms with E-state index >= 15 is 0 Å². The molecular weight excluding hydrogens is 252 g/mol. The third-order valence-corrected chi connectivity index (χ3v) is 5.31. The van der Waals surface area contributed by atoms with E-state index in [9.17, 15) is 4.79 Å². The van der Waals surface area contributed by atoms with Crippen molar-refractivity contribution >= 4 is 23.5 Å². The van der Waals surface area contributed by atoms with Crippen LogP contribution in [-0.2, 0) is 6.42 Å². The van der Waals surface area contributed by atoms with Crippen molar-refractivity contribution < 1.29 is 0 Å². The molecule has 5 heteroatoms. The second-order valence-electron chi connectivity index (χ2n) is 4.65. The van der Waals surface area contributed by atoms with E-state index in [2.05, 4.69) is 23.8 Å². The molecule has 0 spiro atoms. The lowest BCUT2D eigenvalue weighted by Crippen LogP contribution is -2.18. The molecule has 1 aliphatic heterocycles. The fourth-order valence-corrected chi connectivity index (χ4v) is 4.47. The van der Waals surface area contributed by atoms with E-state index in [0.717, 1.165) is 29.4 Å². The van der Waals surface area contributed by atoms with Gasteiger partial charge in [0.05, 0.1) is 5.25 Å². The van der Waals surface area contributed by atoms with Crippen LogP contribution in [0.3, 0.4) is 0 Å². The van der Waals surface area contributed by atoms with E-state index in [1.54, 1.807) is 6.07 Å². The zero-order valence-corrected chi connectivity index (χ0v) is 11.9. The van der Waals surface area contributed by atoms with E-state index < -0.39 is 0 Å². The second-order valence-corrected chi connectivity index (χ2v) is 7.11. The Kier molecular flexibility index (Phi) is 4.56. The van der Waals surface area contributed by atoms with Gasteiger partial charge < -0.3 is 4.98 Å². The number of H-pyrrole nitrogens is 1. The molecule has 1 N–H and O–H groups in total. The van der Waals surface area contributed by atoms with Crippen molar-refractivity contribution in [2.75, 3.05) is 17.3 Å². The highest BCUT2D eigenvalue weighted by molar-refractivity contribution is 8.06. The average Bonchev–Trinajstić information content (AvgIpc) is 2.28. The van der Waals surface area contributed by atoms with Gasteiger partial charge in [-0.15, -0.1) is 11.8 Å². The predicted molar refractivity (Wildman–Crippen MR) is 75.9 cm³/mol. The molecule has 0 radical (unpaired) electrons. The van der Waals surface area contributed by atoms with Gasteiger partial charge in [-0.05, 0) is 12.3 Å². The quantitative estimate of drug-likeness (QED) is 0.916. The van der Waals surface area contributed by atoms with E-state index in [4.69, 9.17) is 0 Å². The smallest absolute Gasteiger partial charge is 0.251 e. The minimum atomic E-state index is -0.0122. The molecule has 0 saturated carbocycles. The summed E-state index contributed by atoms with van der Waals surface area (Å²) >= 11 is 3.84. The van der Waals surface area contributed by atoms with Crippen LogP contribution in [0.1, 0.15) is 30.6 Å². The van der Waals surface area contributed by atoms with Crippen LogP contribution in [-0.4, -0.2) is 27.2 Å². The molecular formula is C12H18N2OS2. The summed E-state index contributed by atoms with van der Waals surface area (Å²) in [5.41, 5.74) is 0.914. The van der Waals surface area contributed by atoms with Crippen molar-refractivity contribution in [1.29, 1.82) is 0 Å². The Morgan fingerprint density at radius 3 is 3.00 bits per heavy atom. The third-order valence-electron chi connectivity index (χ3n) is 2.55. The first-order valence-electron chi connectivity index (χ1n) is 5.94. The topological polar surface area (TPSA) is 45.8 Å². The molecule has 1 aromatic heterocycles. The molecule has 0 bridgehead atoms. The maximum Gasteiger partial charge on any atom is 0.251 e. The highest BCUT2D eigenvalue weighted by Crippen LogP contribution is 2.34. The monoisotopic (exact) mass is 270 g/mol. The van der Waals surface area contributed by atoms with Gasteiger partial charge in [-0.3, -0.25) is 4.79 Å². The van der Waals surface area contributed by atoms with Gasteiger partial charge in [0.1, 0.15) is 5.82 Å². The van der Waals surface area contributed by atoms with Crippen molar-refractivity contribution in [3.05, 3.63) is 27.9 Å². The maximum absolute atomic E-state index is 11.6. The fourth-order valence-electron chi connectivity index (χ4n) is 1.85. The number of nitrogens with zero attached hydrogens (tertiary/aromatic N) is 1. The third kappa shape index (κ3) is 3.78. The number of hydrogen-bond donors (Lipinski definition) is 1. The lowest BCUT2D eigenvalue weighted by molar-refractivity contribution is 0.629. The second kappa shape index (κ2) is 5.96. The first kappa shape index (κ1) is 13.0. The molecule has 1 aliphatic rings. The Labute approximate surface area is 110 Å². The number of hydrogen-bond acceptors (Lipinski definition) is 4. The van der Waals surface area contributed by atoms with Gasteiger partial charge in [0.15, 0.2) is 0 Å². The van der Waals surface area contributed by atoms with Gasteiger partial charge in [-0.2, -0.15) is 11.8 Å². The predicted octanol–water partition coefficient (Wildman–Crippen LogP) is 2.49. The zero-order chi connectivity index (χ0) is 12.3. The highest BCUT2D eigenvalue weighted by atomic mass is 32.2. The van der Waals surface area contributed by atoms with Crippen molar-refractivity contribution in [3.8, 4) is 0 Å². The normalized spacial score (nSPS) is 20.8. The lowest BCUT2D eigenvalue weighted by atomic mass is 10.1. The molecule has 0 aliphatic carbocycles. The Morgan fingerprint density at radius 1 is 1.53 bits per heavy atom. The molecule has 1 saturated heterocycles. The van der Waals surface area contributed by atoms with Gasteiger partial charge in [-0.1, -0.05) is 13.8 Å². The van der Waals surface area contributed by atoms with Crippen LogP contribution in [0.5, 0.6) is 0 Å². The van der Waals surface area contributed by atoms with Crippen LogP contribution >= 0.6 is 23.5 Å². The Hall–Kier alpha value is -0.420. The highest BCUT2D eigenvalue weighted by Gasteiger charge is 2.19. The first-order chi connectivity index (χ1) is 8.15. The van der Waals surface area contributed by atoms with Gasteiger partial charge in [0.25, 0.3) is 5.56 Å². The number of aromatic nitrogens is 2. The number of aromatic amines is 1. The average molecular weight is 270 g/mol. The van der Waals surface area contributed by atoms with E-state index in [1.807, 2.05) is 23.5 Å². The fraction of sp³-hybridized carbons (Fsp3) is 0.667. The van der Waals surface area contributed by atoms with Crippen LogP contribution in [0, 0.1) is 5.92 Å². The lowest BCUT2D eigenvalue weighted by Gasteiger charge is -2.20. The molecule has 17 heavy (non-hydrogen) atoms. The molecule has 1 atom stereocenters. The number of rotatable bonds is 3. The summed E-state index contributed by atoms with van der Waals surface area (Å²) in [7, 11) is 0. The molecule has 1 unspecified atom stereocenters. The summed E-state index contributed by atoms with van der Waals surface area (Å²) in [4.78, 5) is 19.1. The first-order valence-corrected chi connectivity index (χ1v) is 8.15. The summed E-state index contributed by atoms with van der Waals surface area (Å²) < 4.78 is 0. The standard InChI is InChI=1S/C12H18N2OS2/c1-8(2)5-9-6-11(15)14-12(13-9)10-7-16-3-4-17-10/h6,8,10H,3-5,7H2,1-2H3,(H,13,14,15). The van der Waals surface area contributed by atoms with Crippen molar-refractivity contribution in [3.63, 3.8) is 0 Å². The zero-order valence-electron chi connectivity index (χ0n) is 10.2. The van der Waals surface area contributed by atoms with Crippen LogP contribution < -0.4 is 5.56 Å². The molecule has 2 rings (SSSR count). The Bertz CT molecular complexity index is 425. The SMILES string of the molecule is CC(C)Cc1cc(=O)[nH]c(C2CSCCS2)n1. The molecule has 0 aromatic carbocycles. The van der Waals surface area contributed by atoms with Crippen molar-refractivity contribution in [2.45, 2.75) is 25.5 Å². The van der Waals surface area contributed by atoms with Gasteiger partial charge in [-0.25, -0.2) is 4.98 Å². The maximum atomic E-state index is 11.6. The molecule has 94 valence electrons. The molecule has 1 aromatic rings. The van der Waals surface area contributed by atoms with Crippen LogP contribution in [0.25, 0.3) is 0 Å². The summed E-state index contributed by atoms with van der Waals surface area (Å²) in [5, 5.41) is 0.355. The molecule has 1 fully saturated rings. The minimum absolute atomic E-state index is 0.0122. The van der Waals surface area contributed by atoms with Crippen LogP contribution in [0.4, 0.5) is 0 Å². The van der Waals surface area contributed by atoms with Crippen molar-refractivity contribution in [2.24, 2.45) is 5.92 Å².